The molecule has 1 atom stereocenters. The van der Waals surface area contributed by atoms with E-state index in [0.29, 0.717) is 5.69 Å². The number of alkyl halides is 2. The zero-order valence-electron chi connectivity index (χ0n) is 12.1. The minimum absolute atomic E-state index is 0.0319. The third-order valence-corrected chi connectivity index (χ3v) is 3.57. The number of nitrogens with one attached hydrogen (secondary N) is 2. The third-order valence-electron chi connectivity index (χ3n) is 3.57. The first-order valence-electron chi connectivity index (χ1n) is 6.94. The monoisotopic (exact) mass is 309 g/mol. The van der Waals surface area contributed by atoms with Gasteiger partial charge in [0.25, 0.3) is 0 Å². The normalized spacial score (nSPS) is 16.5. The van der Waals surface area contributed by atoms with E-state index in [-0.39, 0.29) is 24.1 Å². The maximum absolute atomic E-state index is 12.3. The number of halogens is 2. The molecule has 2 N–H and O–H groups in total. The summed E-state index contributed by atoms with van der Waals surface area (Å²) in [5.41, 5.74) is -0.583. The molecule has 7 heteroatoms. The molecule has 1 saturated carbocycles. The Bertz CT molecular complexity index is 584. The molecule has 1 aliphatic carbocycles. The van der Waals surface area contributed by atoms with Crippen molar-refractivity contribution in [3.8, 4) is 11.8 Å². The van der Waals surface area contributed by atoms with Gasteiger partial charge in [-0.25, -0.2) is 0 Å². The largest absolute Gasteiger partial charge is 0.433 e. The number of amides is 1. The molecule has 0 heterocycles. The molecule has 0 aromatic heterocycles. The summed E-state index contributed by atoms with van der Waals surface area (Å²) in [5.74, 6) is -0.228. The Morgan fingerprint density at radius 2 is 2.18 bits per heavy atom. The van der Waals surface area contributed by atoms with Gasteiger partial charge >= 0.3 is 6.61 Å². The number of nitriles is 1. The topological polar surface area (TPSA) is 74.2 Å². The van der Waals surface area contributed by atoms with Crippen LogP contribution in [-0.4, -0.2) is 24.6 Å². The van der Waals surface area contributed by atoms with Crippen molar-refractivity contribution in [1.29, 1.82) is 5.26 Å². The quantitative estimate of drug-likeness (QED) is 0.811. The Morgan fingerprint density at radius 3 is 2.77 bits per heavy atom. The summed E-state index contributed by atoms with van der Waals surface area (Å²) >= 11 is 0. The number of para-hydroxylation sites is 2. The molecule has 0 saturated heterocycles. The Kier molecular flexibility index (Phi) is 4.81. The second-order valence-corrected chi connectivity index (χ2v) is 5.36. The van der Waals surface area contributed by atoms with Gasteiger partial charge in [-0.2, -0.15) is 14.0 Å². The van der Waals surface area contributed by atoms with Crippen LogP contribution < -0.4 is 15.4 Å². The average Bonchev–Trinajstić information content (AvgIpc) is 3.30. The fraction of sp³-hybridized carbons (Fsp3) is 0.467. The van der Waals surface area contributed by atoms with E-state index in [1.807, 2.05) is 0 Å². The number of carbonyl (C=O) groups is 1. The number of nitrogens with zero attached hydrogens (tertiary/aromatic N) is 1. The highest BCUT2D eigenvalue weighted by Crippen LogP contribution is 2.39. The first kappa shape index (κ1) is 16.0. The molecule has 1 aromatic rings. The molecule has 1 amide bonds. The van der Waals surface area contributed by atoms with Crippen LogP contribution in [0.25, 0.3) is 0 Å². The van der Waals surface area contributed by atoms with Crippen molar-refractivity contribution in [2.75, 3.05) is 11.9 Å². The van der Waals surface area contributed by atoms with Gasteiger partial charge in [-0.3, -0.25) is 4.79 Å². The number of hydrogen-bond acceptors (Lipinski definition) is 4. The molecule has 1 aliphatic rings. The van der Waals surface area contributed by atoms with Gasteiger partial charge in [0.05, 0.1) is 18.3 Å². The van der Waals surface area contributed by atoms with Crippen molar-refractivity contribution in [2.24, 2.45) is 5.92 Å². The van der Waals surface area contributed by atoms with Gasteiger partial charge in [0.2, 0.25) is 5.91 Å². The van der Waals surface area contributed by atoms with Gasteiger partial charge in [0.15, 0.2) is 0 Å². The molecule has 1 unspecified atom stereocenters. The summed E-state index contributed by atoms with van der Waals surface area (Å²) in [6, 6.07) is 8.24. The van der Waals surface area contributed by atoms with Gasteiger partial charge in [-0.05, 0) is 37.8 Å². The summed E-state index contributed by atoms with van der Waals surface area (Å²) < 4.78 is 29.0. The molecule has 5 nitrogen and oxygen atoms in total. The average molecular weight is 309 g/mol. The van der Waals surface area contributed by atoms with E-state index in [1.165, 1.54) is 12.1 Å². The molecule has 1 fully saturated rings. The van der Waals surface area contributed by atoms with E-state index in [0.717, 1.165) is 12.8 Å². The SMILES string of the molecule is CC(C#N)(NC(=O)CNc1ccccc1OC(F)F)C1CC1. The smallest absolute Gasteiger partial charge is 0.387 e. The molecule has 0 spiro atoms. The molecule has 0 aliphatic heterocycles. The van der Waals surface area contributed by atoms with E-state index in [9.17, 15) is 18.8 Å². The Balaban J connectivity index is 1.93. The number of carbonyl (C=O) groups excluding carboxylic acids is 1. The maximum Gasteiger partial charge on any atom is 0.387 e. The van der Waals surface area contributed by atoms with Crippen LogP contribution in [0.2, 0.25) is 0 Å². The van der Waals surface area contributed by atoms with E-state index < -0.39 is 12.2 Å². The van der Waals surface area contributed by atoms with Crippen LogP contribution in [0, 0.1) is 17.2 Å². The van der Waals surface area contributed by atoms with Gasteiger partial charge < -0.3 is 15.4 Å². The Morgan fingerprint density at radius 1 is 1.50 bits per heavy atom. The van der Waals surface area contributed by atoms with Gasteiger partial charge in [0.1, 0.15) is 11.3 Å². The van der Waals surface area contributed by atoms with Gasteiger partial charge in [0, 0.05) is 0 Å². The lowest BCUT2D eigenvalue weighted by Gasteiger charge is -2.23. The Labute approximate surface area is 127 Å². The molecule has 118 valence electrons. The van der Waals surface area contributed by atoms with Crippen molar-refractivity contribution < 1.29 is 18.3 Å². The third kappa shape index (κ3) is 4.07. The highest BCUT2D eigenvalue weighted by molar-refractivity contribution is 5.82. The molecule has 0 bridgehead atoms. The molecule has 2 rings (SSSR count). The van der Waals surface area contributed by atoms with Crippen molar-refractivity contribution in [3.63, 3.8) is 0 Å². The second-order valence-electron chi connectivity index (χ2n) is 5.36. The highest BCUT2D eigenvalue weighted by atomic mass is 19.3. The van der Waals surface area contributed by atoms with Crippen molar-refractivity contribution in [2.45, 2.75) is 31.9 Å². The van der Waals surface area contributed by atoms with Crippen molar-refractivity contribution in [1.82, 2.24) is 5.32 Å². The zero-order valence-corrected chi connectivity index (χ0v) is 12.1. The molecular weight excluding hydrogens is 292 g/mol. The summed E-state index contributed by atoms with van der Waals surface area (Å²) in [6.45, 7) is -1.38. The van der Waals surface area contributed by atoms with Crippen LogP contribution in [-0.2, 0) is 4.79 Å². The first-order valence-corrected chi connectivity index (χ1v) is 6.94. The maximum atomic E-state index is 12.3. The van der Waals surface area contributed by atoms with Crippen molar-refractivity contribution >= 4 is 11.6 Å². The number of ether oxygens (including phenoxy) is 1. The number of hydrogen-bond donors (Lipinski definition) is 2. The first-order chi connectivity index (χ1) is 10.4. The number of rotatable bonds is 7. The lowest BCUT2D eigenvalue weighted by atomic mass is 9.98. The minimum atomic E-state index is -2.94. The summed E-state index contributed by atoms with van der Waals surface area (Å²) in [6.07, 6.45) is 1.84. The van der Waals surface area contributed by atoms with Gasteiger partial charge in [-0.1, -0.05) is 12.1 Å². The molecule has 1 aromatic carbocycles. The highest BCUT2D eigenvalue weighted by Gasteiger charge is 2.42. The van der Waals surface area contributed by atoms with Crippen LogP contribution in [0.5, 0.6) is 5.75 Å². The fourth-order valence-electron chi connectivity index (χ4n) is 2.20. The van der Waals surface area contributed by atoms with Crippen molar-refractivity contribution in [3.05, 3.63) is 24.3 Å². The zero-order chi connectivity index (χ0) is 16.2. The van der Waals surface area contributed by atoms with Crippen LogP contribution in [0.3, 0.4) is 0 Å². The van der Waals surface area contributed by atoms with E-state index >= 15 is 0 Å². The fourth-order valence-corrected chi connectivity index (χ4v) is 2.20. The van der Waals surface area contributed by atoms with E-state index in [4.69, 9.17) is 0 Å². The summed E-state index contributed by atoms with van der Waals surface area (Å²) in [4.78, 5) is 11.9. The van der Waals surface area contributed by atoms with E-state index in [2.05, 4.69) is 21.4 Å². The number of anilines is 1. The summed E-state index contributed by atoms with van der Waals surface area (Å²) in [7, 11) is 0. The molecule has 22 heavy (non-hydrogen) atoms. The molecular formula is C15H17F2N3O2. The lowest BCUT2D eigenvalue weighted by molar-refractivity contribution is -0.120. The molecule has 0 radical (unpaired) electrons. The van der Waals surface area contributed by atoms with Crippen LogP contribution in [0.15, 0.2) is 24.3 Å². The summed E-state index contributed by atoms with van der Waals surface area (Å²) in [5, 5.41) is 14.6. The van der Waals surface area contributed by atoms with Gasteiger partial charge in [-0.15, -0.1) is 0 Å². The van der Waals surface area contributed by atoms with Crippen LogP contribution in [0.1, 0.15) is 19.8 Å². The van der Waals surface area contributed by atoms with Crippen LogP contribution >= 0.6 is 0 Å². The minimum Gasteiger partial charge on any atom is -0.433 e. The predicted molar refractivity (Wildman–Crippen MR) is 76.4 cm³/mol. The Hall–Kier alpha value is -2.36. The van der Waals surface area contributed by atoms with Crippen LogP contribution in [0.4, 0.5) is 14.5 Å². The standard InChI is InChI=1S/C15H17F2N3O2/c1-15(9-18,10-6-7-10)20-13(21)8-19-11-4-2-3-5-12(11)22-14(16)17/h2-5,10,14,19H,6-8H2,1H3,(H,20,21). The number of benzene rings is 1. The second kappa shape index (κ2) is 6.60. The predicted octanol–water partition coefficient (Wildman–Crippen LogP) is 2.51. The van der Waals surface area contributed by atoms with E-state index in [1.54, 1.807) is 19.1 Å². The lowest BCUT2D eigenvalue weighted by Crippen LogP contribution is -2.48.